The van der Waals surface area contributed by atoms with Crippen molar-refractivity contribution >= 4 is 5.97 Å². The van der Waals surface area contributed by atoms with Gasteiger partial charge >= 0.3 is 5.97 Å². The Labute approximate surface area is 146 Å². The molecule has 1 aromatic heterocycles. The summed E-state index contributed by atoms with van der Waals surface area (Å²) in [6, 6.07) is 5.71. The molecule has 0 unspecified atom stereocenters. The Balaban J connectivity index is 1.84. The number of halogens is 1. The molecule has 134 valence electrons. The minimum Gasteiger partial charge on any atom is -0.480 e. The van der Waals surface area contributed by atoms with Gasteiger partial charge in [0.05, 0.1) is 11.4 Å². The Morgan fingerprint density at radius 3 is 2.72 bits per heavy atom. The molecule has 2 N–H and O–H groups in total. The third-order valence-corrected chi connectivity index (χ3v) is 5.05. The van der Waals surface area contributed by atoms with Crippen LogP contribution in [0.15, 0.2) is 24.3 Å². The summed E-state index contributed by atoms with van der Waals surface area (Å²) in [5, 5.41) is 17.3. The molecule has 5 nitrogen and oxygen atoms in total. The Hall–Kier alpha value is -2.21. The van der Waals surface area contributed by atoms with Crippen LogP contribution in [-0.4, -0.2) is 26.9 Å². The number of benzene rings is 1. The summed E-state index contributed by atoms with van der Waals surface area (Å²) < 4.78 is 15.1. The standard InChI is InChI=1S/C19H24FN3O2/c1-3-12(2)18(19(24)25)21-11-16-15-5-4-6-17(15)23(22-16)14-9-7-13(20)8-10-14/h7-10,12,18,21H,3-6,11H2,1-2H3,(H,24,25)/t12-,18-/m0/s1. The molecular formula is C19H24FN3O2. The molecule has 1 aromatic carbocycles. The van der Waals surface area contributed by atoms with Crippen molar-refractivity contribution in [3.8, 4) is 5.69 Å². The number of aliphatic carboxylic acids is 1. The number of fused-ring (bicyclic) bond motifs is 1. The number of hydrogen-bond acceptors (Lipinski definition) is 3. The van der Waals surface area contributed by atoms with E-state index in [0.29, 0.717) is 6.54 Å². The van der Waals surface area contributed by atoms with E-state index < -0.39 is 12.0 Å². The minimum absolute atomic E-state index is 0.0460. The number of carboxylic acid groups (broad SMARTS) is 1. The number of nitrogens with zero attached hydrogens (tertiary/aromatic N) is 2. The molecule has 2 atom stereocenters. The highest BCUT2D eigenvalue weighted by Gasteiger charge is 2.26. The third kappa shape index (κ3) is 3.58. The molecule has 0 bridgehead atoms. The Bertz CT molecular complexity index is 755. The zero-order chi connectivity index (χ0) is 18.0. The first kappa shape index (κ1) is 17.6. The van der Waals surface area contributed by atoms with E-state index in [-0.39, 0.29) is 11.7 Å². The molecule has 0 amide bonds. The molecule has 3 rings (SSSR count). The summed E-state index contributed by atoms with van der Waals surface area (Å²) in [5.74, 6) is -1.05. The average molecular weight is 345 g/mol. The van der Waals surface area contributed by atoms with Gasteiger partial charge in [0.1, 0.15) is 11.9 Å². The van der Waals surface area contributed by atoms with E-state index in [1.807, 2.05) is 18.5 Å². The normalized spacial score (nSPS) is 15.8. The van der Waals surface area contributed by atoms with Crippen molar-refractivity contribution in [2.75, 3.05) is 0 Å². The van der Waals surface area contributed by atoms with E-state index in [1.165, 1.54) is 17.7 Å². The third-order valence-electron chi connectivity index (χ3n) is 5.05. The first-order valence-electron chi connectivity index (χ1n) is 8.83. The van der Waals surface area contributed by atoms with Crippen molar-refractivity contribution in [2.45, 2.75) is 52.1 Å². The van der Waals surface area contributed by atoms with Gasteiger partial charge in [0.2, 0.25) is 0 Å². The SMILES string of the molecule is CC[C@H](C)[C@H](NCc1nn(-c2ccc(F)cc2)c2c1CCC2)C(=O)O. The van der Waals surface area contributed by atoms with Crippen LogP contribution in [0.4, 0.5) is 4.39 Å². The molecule has 6 heteroatoms. The maximum atomic E-state index is 13.2. The van der Waals surface area contributed by atoms with Gasteiger partial charge in [-0.1, -0.05) is 20.3 Å². The summed E-state index contributed by atoms with van der Waals surface area (Å²) in [5.41, 5.74) is 4.08. The van der Waals surface area contributed by atoms with Gasteiger partial charge in [0, 0.05) is 12.2 Å². The number of nitrogens with one attached hydrogen (secondary N) is 1. The van der Waals surface area contributed by atoms with Crippen molar-refractivity contribution < 1.29 is 14.3 Å². The van der Waals surface area contributed by atoms with Crippen LogP contribution in [0.3, 0.4) is 0 Å². The van der Waals surface area contributed by atoms with Crippen molar-refractivity contribution in [1.29, 1.82) is 0 Å². The predicted molar refractivity (Wildman–Crippen MR) is 93.3 cm³/mol. The van der Waals surface area contributed by atoms with Gasteiger partial charge in [0.25, 0.3) is 0 Å². The Morgan fingerprint density at radius 1 is 1.36 bits per heavy atom. The lowest BCUT2D eigenvalue weighted by Crippen LogP contribution is -2.41. The van der Waals surface area contributed by atoms with Crippen LogP contribution in [0.25, 0.3) is 5.69 Å². The number of carbonyl (C=O) groups is 1. The smallest absolute Gasteiger partial charge is 0.320 e. The summed E-state index contributed by atoms with van der Waals surface area (Å²) in [7, 11) is 0. The molecule has 1 heterocycles. The molecule has 1 aliphatic rings. The first-order valence-corrected chi connectivity index (χ1v) is 8.83. The highest BCUT2D eigenvalue weighted by atomic mass is 19.1. The molecule has 0 spiro atoms. The Morgan fingerprint density at radius 2 is 2.08 bits per heavy atom. The second-order valence-corrected chi connectivity index (χ2v) is 6.70. The maximum absolute atomic E-state index is 13.2. The molecule has 0 aliphatic heterocycles. The van der Waals surface area contributed by atoms with E-state index in [1.54, 1.807) is 12.1 Å². The van der Waals surface area contributed by atoms with Crippen LogP contribution in [-0.2, 0) is 24.2 Å². The minimum atomic E-state index is -0.830. The van der Waals surface area contributed by atoms with E-state index >= 15 is 0 Å². The van der Waals surface area contributed by atoms with Gasteiger partial charge in [-0.3, -0.25) is 10.1 Å². The maximum Gasteiger partial charge on any atom is 0.320 e. The highest BCUT2D eigenvalue weighted by Crippen LogP contribution is 2.28. The molecule has 0 saturated heterocycles. The summed E-state index contributed by atoms with van der Waals surface area (Å²) >= 11 is 0. The van der Waals surface area contributed by atoms with E-state index in [0.717, 1.165) is 42.8 Å². The molecule has 2 aromatic rings. The molecule has 1 aliphatic carbocycles. The lowest BCUT2D eigenvalue weighted by molar-refractivity contribution is -0.140. The van der Waals surface area contributed by atoms with Gasteiger partial charge < -0.3 is 5.11 Å². The fourth-order valence-electron chi connectivity index (χ4n) is 3.43. The van der Waals surface area contributed by atoms with Crippen LogP contribution in [0.2, 0.25) is 0 Å². The largest absolute Gasteiger partial charge is 0.480 e. The van der Waals surface area contributed by atoms with Crippen molar-refractivity contribution in [3.63, 3.8) is 0 Å². The molecule has 25 heavy (non-hydrogen) atoms. The summed E-state index contributed by atoms with van der Waals surface area (Å²) in [6.45, 7) is 4.36. The number of rotatable bonds is 7. The van der Waals surface area contributed by atoms with E-state index in [2.05, 4.69) is 10.4 Å². The van der Waals surface area contributed by atoms with E-state index in [9.17, 15) is 14.3 Å². The summed E-state index contributed by atoms with van der Waals surface area (Å²) in [6.07, 6.45) is 3.75. The van der Waals surface area contributed by atoms with Crippen molar-refractivity contribution in [2.24, 2.45) is 5.92 Å². The van der Waals surface area contributed by atoms with Crippen LogP contribution >= 0.6 is 0 Å². The average Bonchev–Trinajstić information content (AvgIpc) is 3.19. The van der Waals surface area contributed by atoms with Crippen molar-refractivity contribution in [1.82, 2.24) is 15.1 Å². The van der Waals surface area contributed by atoms with Crippen LogP contribution in [0, 0.1) is 11.7 Å². The van der Waals surface area contributed by atoms with Gasteiger partial charge in [-0.25, -0.2) is 9.07 Å². The van der Waals surface area contributed by atoms with Gasteiger partial charge in [-0.05, 0) is 55.0 Å². The molecule has 0 radical (unpaired) electrons. The fourth-order valence-corrected chi connectivity index (χ4v) is 3.43. The topological polar surface area (TPSA) is 67.2 Å². The van der Waals surface area contributed by atoms with Gasteiger partial charge in [-0.15, -0.1) is 0 Å². The zero-order valence-corrected chi connectivity index (χ0v) is 14.6. The lowest BCUT2D eigenvalue weighted by Gasteiger charge is -2.19. The molecular weight excluding hydrogens is 321 g/mol. The molecule has 0 saturated carbocycles. The second-order valence-electron chi connectivity index (χ2n) is 6.70. The highest BCUT2D eigenvalue weighted by molar-refractivity contribution is 5.73. The van der Waals surface area contributed by atoms with Gasteiger partial charge in [-0.2, -0.15) is 5.10 Å². The molecule has 0 fully saturated rings. The zero-order valence-electron chi connectivity index (χ0n) is 14.6. The first-order chi connectivity index (χ1) is 12.0. The number of aromatic nitrogens is 2. The predicted octanol–water partition coefficient (Wildman–Crippen LogP) is 3.09. The van der Waals surface area contributed by atoms with E-state index in [4.69, 9.17) is 0 Å². The summed E-state index contributed by atoms with van der Waals surface area (Å²) in [4.78, 5) is 11.5. The van der Waals surface area contributed by atoms with Crippen LogP contribution in [0.1, 0.15) is 43.6 Å². The Kier molecular flexibility index (Phi) is 5.18. The van der Waals surface area contributed by atoms with Crippen LogP contribution < -0.4 is 5.32 Å². The monoisotopic (exact) mass is 345 g/mol. The number of hydrogen-bond donors (Lipinski definition) is 2. The quantitative estimate of drug-likeness (QED) is 0.809. The number of carboxylic acids is 1. The lowest BCUT2D eigenvalue weighted by atomic mass is 9.99. The second kappa shape index (κ2) is 7.35. The van der Waals surface area contributed by atoms with Crippen LogP contribution in [0.5, 0.6) is 0 Å². The van der Waals surface area contributed by atoms with Gasteiger partial charge in [0.15, 0.2) is 0 Å². The fraction of sp³-hybridized carbons (Fsp3) is 0.474. The van der Waals surface area contributed by atoms with Crippen molar-refractivity contribution in [3.05, 3.63) is 47.0 Å².